The molecular formula is C28H32FN3O4S. The van der Waals surface area contributed by atoms with Crippen LogP contribution in [0.4, 0.5) is 4.39 Å². The van der Waals surface area contributed by atoms with E-state index in [2.05, 4.69) is 5.32 Å². The van der Waals surface area contributed by atoms with Crippen molar-refractivity contribution in [2.75, 3.05) is 20.6 Å². The summed E-state index contributed by atoms with van der Waals surface area (Å²) in [6.45, 7) is 0.249. The highest BCUT2D eigenvalue weighted by Gasteiger charge is 2.30. The zero-order valence-electron chi connectivity index (χ0n) is 21.0. The molecule has 1 atom stereocenters. The van der Waals surface area contributed by atoms with Gasteiger partial charge in [0.2, 0.25) is 21.8 Å². The van der Waals surface area contributed by atoms with Gasteiger partial charge in [0, 0.05) is 40.0 Å². The predicted molar refractivity (Wildman–Crippen MR) is 140 cm³/mol. The second-order valence-electron chi connectivity index (χ2n) is 8.71. The zero-order chi connectivity index (χ0) is 26.8. The molecule has 0 aliphatic rings. The summed E-state index contributed by atoms with van der Waals surface area (Å²) in [7, 11) is -0.679. The first-order valence-electron chi connectivity index (χ1n) is 12.0. The molecule has 0 bridgehead atoms. The average molecular weight is 526 g/mol. The smallest absolute Gasteiger partial charge is 0.242 e. The van der Waals surface area contributed by atoms with Crippen molar-refractivity contribution in [1.29, 1.82) is 0 Å². The number of nitrogens with zero attached hydrogens (tertiary/aromatic N) is 2. The third-order valence-corrected chi connectivity index (χ3v) is 7.97. The van der Waals surface area contributed by atoms with Crippen LogP contribution in [-0.4, -0.2) is 56.1 Å². The van der Waals surface area contributed by atoms with E-state index in [1.54, 1.807) is 30.3 Å². The summed E-state index contributed by atoms with van der Waals surface area (Å²) in [6.07, 6.45) is 0.612. The molecule has 0 aliphatic heterocycles. The van der Waals surface area contributed by atoms with Crippen molar-refractivity contribution >= 4 is 21.8 Å². The van der Waals surface area contributed by atoms with Gasteiger partial charge in [0.05, 0.1) is 4.90 Å². The Bertz CT molecular complexity index is 1270. The van der Waals surface area contributed by atoms with Crippen LogP contribution in [-0.2, 0) is 32.6 Å². The van der Waals surface area contributed by atoms with E-state index in [0.29, 0.717) is 12.0 Å². The Hall–Kier alpha value is -3.56. The maximum atomic E-state index is 13.5. The lowest BCUT2D eigenvalue weighted by Crippen LogP contribution is -2.49. The number of amides is 2. The fourth-order valence-corrected chi connectivity index (χ4v) is 5.23. The summed E-state index contributed by atoms with van der Waals surface area (Å²) in [4.78, 5) is 28.1. The van der Waals surface area contributed by atoms with Crippen molar-refractivity contribution in [3.63, 3.8) is 0 Å². The van der Waals surface area contributed by atoms with Crippen LogP contribution in [0.15, 0.2) is 89.8 Å². The molecule has 1 N–H and O–H groups in total. The molecule has 2 amide bonds. The third-order valence-electron chi connectivity index (χ3n) is 6.10. The summed E-state index contributed by atoms with van der Waals surface area (Å²) in [5, 5.41) is 2.65. The second-order valence-corrected chi connectivity index (χ2v) is 10.8. The van der Waals surface area contributed by atoms with Crippen molar-refractivity contribution in [1.82, 2.24) is 14.5 Å². The number of likely N-dealkylation sites (N-methyl/N-ethyl adjacent to an activating group) is 1. The number of hydrogen-bond acceptors (Lipinski definition) is 4. The summed E-state index contributed by atoms with van der Waals surface area (Å²) >= 11 is 0. The largest absolute Gasteiger partial charge is 0.357 e. The lowest BCUT2D eigenvalue weighted by molar-refractivity contribution is -0.141. The highest BCUT2D eigenvalue weighted by molar-refractivity contribution is 7.89. The van der Waals surface area contributed by atoms with Crippen LogP contribution < -0.4 is 5.32 Å². The monoisotopic (exact) mass is 525 g/mol. The number of halogens is 1. The quantitative estimate of drug-likeness (QED) is 0.391. The van der Waals surface area contributed by atoms with Crippen LogP contribution in [0, 0.1) is 5.82 Å². The minimum Gasteiger partial charge on any atom is -0.357 e. The van der Waals surface area contributed by atoms with E-state index >= 15 is 0 Å². The van der Waals surface area contributed by atoms with Gasteiger partial charge < -0.3 is 10.2 Å². The van der Waals surface area contributed by atoms with Crippen molar-refractivity contribution < 1.29 is 22.4 Å². The molecule has 196 valence electrons. The first-order chi connectivity index (χ1) is 17.7. The van der Waals surface area contributed by atoms with Crippen molar-refractivity contribution in [3.8, 4) is 0 Å². The number of hydrogen-bond donors (Lipinski definition) is 1. The second kappa shape index (κ2) is 13.1. The highest BCUT2D eigenvalue weighted by atomic mass is 32.2. The van der Waals surface area contributed by atoms with Crippen LogP contribution in [0.2, 0.25) is 0 Å². The lowest BCUT2D eigenvalue weighted by atomic mass is 10.0. The Morgan fingerprint density at radius 1 is 0.892 bits per heavy atom. The number of rotatable bonds is 12. The Morgan fingerprint density at radius 2 is 1.49 bits per heavy atom. The summed E-state index contributed by atoms with van der Waals surface area (Å²) in [6, 6.07) is 22.5. The van der Waals surface area contributed by atoms with Gasteiger partial charge in [0.25, 0.3) is 0 Å². The maximum Gasteiger partial charge on any atom is 0.242 e. The van der Waals surface area contributed by atoms with Gasteiger partial charge in [0.1, 0.15) is 11.9 Å². The molecule has 0 heterocycles. The van der Waals surface area contributed by atoms with Crippen LogP contribution in [0.1, 0.15) is 24.0 Å². The van der Waals surface area contributed by atoms with E-state index in [9.17, 15) is 22.4 Å². The molecule has 0 spiro atoms. The van der Waals surface area contributed by atoms with Gasteiger partial charge in [-0.05, 0) is 41.8 Å². The van der Waals surface area contributed by atoms with Gasteiger partial charge in [-0.1, -0.05) is 60.7 Å². The molecule has 3 aromatic rings. The number of sulfonamides is 1. The number of carbonyl (C=O) groups excluding carboxylic acids is 2. The summed E-state index contributed by atoms with van der Waals surface area (Å²) in [5.41, 5.74) is 1.57. The van der Waals surface area contributed by atoms with Gasteiger partial charge in [-0.25, -0.2) is 17.1 Å². The Morgan fingerprint density at radius 3 is 2.08 bits per heavy atom. The normalized spacial score (nSPS) is 12.2. The van der Waals surface area contributed by atoms with Gasteiger partial charge in [-0.15, -0.1) is 0 Å². The minimum absolute atomic E-state index is 0.0398. The Labute approximate surface area is 218 Å². The topological polar surface area (TPSA) is 86.8 Å². The van der Waals surface area contributed by atoms with Crippen LogP contribution in [0.3, 0.4) is 0 Å². The van der Waals surface area contributed by atoms with Crippen molar-refractivity contribution in [2.45, 2.75) is 36.7 Å². The molecule has 0 aliphatic carbocycles. The number of carbonyl (C=O) groups is 2. The Balaban J connectivity index is 1.77. The van der Waals surface area contributed by atoms with Crippen LogP contribution in [0.25, 0.3) is 0 Å². The summed E-state index contributed by atoms with van der Waals surface area (Å²) < 4.78 is 40.3. The number of nitrogens with one attached hydrogen (secondary N) is 1. The van der Waals surface area contributed by atoms with Gasteiger partial charge in [-0.3, -0.25) is 9.59 Å². The molecule has 3 aromatic carbocycles. The minimum atomic E-state index is -3.68. The highest BCUT2D eigenvalue weighted by Crippen LogP contribution is 2.18. The molecule has 3 rings (SSSR count). The standard InChI is InChI=1S/C28H32FN3O4S/c1-30-28(34)26(20-22-10-5-3-6-11-22)32(21-23-15-17-24(29)18-16-23)27(33)14-9-19-31(2)37(35,36)25-12-7-4-8-13-25/h3-8,10-13,15-18,26H,9,14,19-21H2,1-2H3,(H,30,34)/t26-/m0/s1. The predicted octanol–water partition coefficient (Wildman–Crippen LogP) is 3.61. The molecule has 0 fully saturated rings. The zero-order valence-corrected chi connectivity index (χ0v) is 21.8. The molecule has 0 unspecified atom stereocenters. The summed E-state index contributed by atoms with van der Waals surface area (Å²) in [5.74, 6) is -1.00. The van der Waals surface area contributed by atoms with Gasteiger partial charge in [-0.2, -0.15) is 0 Å². The van der Waals surface area contributed by atoms with Gasteiger partial charge in [0.15, 0.2) is 0 Å². The fourth-order valence-electron chi connectivity index (χ4n) is 4.00. The first-order valence-corrected chi connectivity index (χ1v) is 13.5. The number of benzene rings is 3. The molecule has 0 aromatic heterocycles. The molecule has 0 radical (unpaired) electrons. The first kappa shape index (κ1) is 28.0. The Kier molecular flexibility index (Phi) is 9.93. The van der Waals surface area contributed by atoms with Crippen LogP contribution in [0.5, 0.6) is 0 Å². The fraction of sp³-hybridized carbons (Fsp3) is 0.286. The van der Waals surface area contributed by atoms with E-state index in [1.165, 1.54) is 47.6 Å². The van der Waals surface area contributed by atoms with E-state index in [4.69, 9.17) is 0 Å². The average Bonchev–Trinajstić information content (AvgIpc) is 2.92. The maximum absolute atomic E-state index is 13.5. The third kappa shape index (κ3) is 7.71. The van der Waals surface area contributed by atoms with E-state index in [0.717, 1.165) is 5.56 Å². The van der Waals surface area contributed by atoms with Crippen molar-refractivity contribution in [3.05, 3.63) is 102 Å². The van der Waals surface area contributed by atoms with Crippen LogP contribution >= 0.6 is 0 Å². The lowest BCUT2D eigenvalue weighted by Gasteiger charge is -2.31. The SMILES string of the molecule is CNC(=O)[C@H](Cc1ccccc1)N(Cc1ccc(F)cc1)C(=O)CCCN(C)S(=O)(=O)c1ccccc1. The van der Waals surface area contributed by atoms with E-state index < -0.39 is 21.9 Å². The molecule has 7 nitrogen and oxygen atoms in total. The van der Waals surface area contributed by atoms with E-state index in [-0.39, 0.29) is 42.6 Å². The molecule has 0 saturated carbocycles. The molecule has 9 heteroatoms. The van der Waals surface area contributed by atoms with Gasteiger partial charge >= 0.3 is 0 Å². The molecule has 0 saturated heterocycles. The van der Waals surface area contributed by atoms with Crippen molar-refractivity contribution in [2.24, 2.45) is 0 Å². The molecular weight excluding hydrogens is 493 g/mol. The van der Waals surface area contributed by atoms with E-state index in [1.807, 2.05) is 30.3 Å². The molecule has 37 heavy (non-hydrogen) atoms.